The van der Waals surface area contributed by atoms with Gasteiger partial charge in [-0.05, 0) is 36.4 Å². The molecule has 3 aromatic heterocycles. The predicted molar refractivity (Wildman–Crippen MR) is 123 cm³/mol. The van der Waals surface area contributed by atoms with Crippen molar-refractivity contribution in [3.05, 3.63) is 101 Å². The zero-order valence-corrected chi connectivity index (χ0v) is 17.3. The van der Waals surface area contributed by atoms with Crippen LogP contribution in [0.2, 0.25) is 0 Å². The highest BCUT2D eigenvalue weighted by Gasteiger charge is 2.18. The van der Waals surface area contributed by atoms with Crippen LogP contribution in [0, 0.1) is 0 Å². The van der Waals surface area contributed by atoms with Gasteiger partial charge in [-0.1, -0.05) is 30.3 Å². The molecule has 0 aliphatic heterocycles. The van der Waals surface area contributed by atoms with Crippen LogP contribution < -0.4 is 5.56 Å². The van der Waals surface area contributed by atoms with Crippen molar-refractivity contribution in [2.24, 2.45) is 0 Å². The highest BCUT2D eigenvalue weighted by molar-refractivity contribution is 6.07. The maximum Gasteiger partial charge on any atom is 0.258 e. The third-order valence-corrected chi connectivity index (χ3v) is 5.32. The van der Waals surface area contributed by atoms with Crippen LogP contribution in [0.4, 0.5) is 0 Å². The molecule has 5 rings (SSSR count). The maximum absolute atomic E-state index is 13.5. The smallest absolute Gasteiger partial charge is 0.258 e. The maximum atomic E-state index is 13.5. The first-order valence-electron chi connectivity index (χ1n) is 10.1. The fraction of sp³-hybridized carbons (Fsp3) is 0.0800. The van der Waals surface area contributed by atoms with Gasteiger partial charge in [0, 0.05) is 30.4 Å². The molecule has 0 saturated carbocycles. The van der Waals surface area contributed by atoms with Gasteiger partial charge in [0.25, 0.3) is 11.5 Å². The lowest BCUT2D eigenvalue weighted by Gasteiger charge is -2.18. The van der Waals surface area contributed by atoms with Gasteiger partial charge in [-0.15, -0.1) is 0 Å². The van der Waals surface area contributed by atoms with Crippen LogP contribution in [0.5, 0.6) is 0 Å². The predicted octanol–water partition coefficient (Wildman–Crippen LogP) is 3.81. The van der Waals surface area contributed by atoms with E-state index in [1.807, 2.05) is 42.5 Å². The second-order valence-corrected chi connectivity index (χ2v) is 7.50. The molecule has 0 fully saturated rings. The highest BCUT2D eigenvalue weighted by atomic mass is 16.2. The first kappa shape index (κ1) is 19.6. The topological polar surface area (TPSA) is 91.8 Å². The normalized spacial score (nSPS) is 11.0. The lowest BCUT2D eigenvalue weighted by Crippen LogP contribution is -2.28. The molecular weight excluding hydrogens is 402 g/mol. The van der Waals surface area contributed by atoms with Crippen molar-refractivity contribution in [2.75, 3.05) is 7.05 Å². The Kier molecular flexibility index (Phi) is 4.91. The molecule has 0 saturated heterocycles. The van der Waals surface area contributed by atoms with Crippen molar-refractivity contribution < 1.29 is 4.79 Å². The van der Waals surface area contributed by atoms with Crippen molar-refractivity contribution in [1.82, 2.24) is 24.8 Å². The number of nitrogens with one attached hydrogen (secondary N) is 1. The second-order valence-electron chi connectivity index (χ2n) is 7.50. The molecule has 7 heteroatoms. The number of amides is 1. The minimum atomic E-state index is -0.221. The molecule has 2 aromatic carbocycles. The molecule has 156 valence electrons. The summed E-state index contributed by atoms with van der Waals surface area (Å²) in [4.78, 5) is 43.5. The highest BCUT2D eigenvalue weighted by Crippen LogP contribution is 2.25. The summed E-state index contributed by atoms with van der Waals surface area (Å²) in [7, 11) is 1.69. The average Bonchev–Trinajstić information content (AvgIpc) is 2.83. The number of aromatic nitrogens is 4. The number of benzene rings is 2. The van der Waals surface area contributed by atoms with Crippen molar-refractivity contribution >= 4 is 27.7 Å². The second kappa shape index (κ2) is 8.03. The lowest BCUT2D eigenvalue weighted by atomic mass is 10.0. The van der Waals surface area contributed by atoms with E-state index in [1.165, 1.54) is 0 Å². The molecule has 0 aliphatic carbocycles. The van der Waals surface area contributed by atoms with Crippen LogP contribution in [-0.4, -0.2) is 37.8 Å². The van der Waals surface area contributed by atoms with Gasteiger partial charge in [-0.25, -0.2) is 9.97 Å². The summed E-state index contributed by atoms with van der Waals surface area (Å²) in [5, 5.41) is 1.29. The van der Waals surface area contributed by atoms with Crippen LogP contribution in [0.1, 0.15) is 16.2 Å². The van der Waals surface area contributed by atoms with E-state index < -0.39 is 0 Å². The molecule has 0 aliphatic rings. The summed E-state index contributed by atoms with van der Waals surface area (Å²) < 4.78 is 0. The summed E-state index contributed by atoms with van der Waals surface area (Å²) in [6.45, 7) is 0.167. The van der Waals surface area contributed by atoms with Gasteiger partial charge in [-0.2, -0.15) is 0 Å². The fourth-order valence-electron chi connectivity index (χ4n) is 3.73. The van der Waals surface area contributed by atoms with Crippen molar-refractivity contribution in [3.63, 3.8) is 0 Å². The largest absolute Gasteiger partial charge is 0.334 e. The molecule has 0 radical (unpaired) electrons. The Bertz CT molecular complexity index is 1510. The Morgan fingerprint density at radius 1 is 0.906 bits per heavy atom. The van der Waals surface area contributed by atoms with E-state index >= 15 is 0 Å². The van der Waals surface area contributed by atoms with Crippen molar-refractivity contribution in [2.45, 2.75) is 6.54 Å². The zero-order chi connectivity index (χ0) is 22.1. The van der Waals surface area contributed by atoms with E-state index in [4.69, 9.17) is 4.98 Å². The Balaban J connectivity index is 1.53. The van der Waals surface area contributed by atoms with E-state index in [0.29, 0.717) is 28.0 Å². The molecule has 0 unspecified atom stereocenters. The number of fused-ring (bicyclic) bond motifs is 2. The first-order chi connectivity index (χ1) is 15.6. The quantitative estimate of drug-likeness (QED) is 0.476. The Morgan fingerprint density at radius 3 is 2.31 bits per heavy atom. The summed E-state index contributed by atoms with van der Waals surface area (Å²) in [6, 6.07) is 20.2. The third-order valence-electron chi connectivity index (χ3n) is 5.32. The molecular formula is C25H19N5O2. The Morgan fingerprint density at radius 2 is 1.56 bits per heavy atom. The van der Waals surface area contributed by atoms with Gasteiger partial charge in [-0.3, -0.25) is 14.6 Å². The molecule has 32 heavy (non-hydrogen) atoms. The molecule has 1 N–H and O–H groups in total. The van der Waals surface area contributed by atoms with E-state index in [-0.39, 0.29) is 18.0 Å². The van der Waals surface area contributed by atoms with Gasteiger partial charge < -0.3 is 9.88 Å². The fourth-order valence-corrected chi connectivity index (χ4v) is 3.73. The number of rotatable bonds is 4. The number of nitrogens with zero attached hydrogens (tertiary/aromatic N) is 4. The number of aromatic amines is 1. The molecule has 7 nitrogen and oxygen atoms in total. The van der Waals surface area contributed by atoms with Crippen molar-refractivity contribution in [1.29, 1.82) is 0 Å². The minimum absolute atomic E-state index is 0.167. The van der Waals surface area contributed by atoms with Crippen molar-refractivity contribution in [3.8, 4) is 11.3 Å². The van der Waals surface area contributed by atoms with Gasteiger partial charge >= 0.3 is 0 Å². The molecule has 0 spiro atoms. The zero-order valence-electron chi connectivity index (χ0n) is 17.3. The summed E-state index contributed by atoms with van der Waals surface area (Å²) >= 11 is 0. The SMILES string of the molecule is CN(Cc1nc2ccccc2c(=O)[nH]1)C(=O)c1cc(-c2ccncc2)nc2ccccc12. The lowest BCUT2D eigenvalue weighted by molar-refractivity contribution is 0.0783. The van der Waals surface area contributed by atoms with Crippen LogP contribution >= 0.6 is 0 Å². The summed E-state index contributed by atoms with van der Waals surface area (Å²) in [6.07, 6.45) is 3.39. The van der Waals surface area contributed by atoms with Crippen LogP contribution in [0.3, 0.4) is 0 Å². The van der Waals surface area contributed by atoms with E-state index in [0.717, 1.165) is 16.5 Å². The number of carbonyl (C=O) groups is 1. The molecule has 0 atom stereocenters. The van der Waals surface area contributed by atoms with Gasteiger partial charge in [0.2, 0.25) is 0 Å². The monoisotopic (exact) mass is 421 g/mol. The molecule has 5 aromatic rings. The number of hydrogen-bond acceptors (Lipinski definition) is 5. The number of carbonyl (C=O) groups excluding carboxylic acids is 1. The van der Waals surface area contributed by atoms with Crippen LogP contribution in [0.15, 0.2) is 83.9 Å². The number of para-hydroxylation sites is 2. The minimum Gasteiger partial charge on any atom is -0.334 e. The van der Waals surface area contributed by atoms with Gasteiger partial charge in [0.1, 0.15) is 5.82 Å². The Labute approximate surface area is 183 Å². The molecule has 1 amide bonds. The molecule has 3 heterocycles. The van der Waals surface area contributed by atoms with Gasteiger partial charge in [0.05, 0.1) is 34.2 Å². The Hall–Kier alpha value is -4.39. The third kappa shape index (κ3) is 3.60. The van der Waals surface area contributed by atoms with E-state index in [9.17, 15) is 9.59 Å². The number of H-pyrrole nitrogens is 1. The number of hydrogen-bond donors (Lipinski definition) is 1. The van der Waals surface area contributed by atoms with Gasteiger partial charge in [0.15, 0.2) is 0 Å². The first-order valence-corrected chi connectivity index (χ1v) is 10.1. The van der Waals surface area contributed by atoms with Crippen LogP contribution in [0.25, 0.3) is 33.1 Å². The van der Waals surface area contributed by atoms with Crippen LogP contribution in [-0.2, 0) is 6.54 Å². The van der Waals surface area contributed by atoms with E-state index in [2.05, 4.69) is 15.0 Å². The average molecular weight is 421 g/mol. The number of pyridine rings is 2. The summed E-state index contributed by atoms with van der Waals surface area (Å²) in [5.74, 6) is 0.243. The summed E-state index contributed by atoms with van der Waals surface area (Å²) in [5.41, 5.74) is 3.22. The standard InChI is InChI=1S/C25H19N5O2/c1-30(15-23-28-21-9-5-3-7-18(21)24(31)29-23)25(32)19-14-22(16-10-12-26-13-11-16)27-20-8-4-2-6-17(19)20/h2-14H,15H2,1H3,(H,28,29,31). The molecule has 0 bridgehead atoms. The van der Waals surface area contributed by atoms with E-state index in [1.54, 1.807) is 48.6 Å².